The molecule has 15 heavy (non-hydrogen) atoms. The number of methoxy groups -OCH3 is 1. The van der Waals surface area contributed by atoms with Crippen LogP contribution in [0, 0.1) is 0 Å². The van der Waals surface area contributed by atoms with Crippen molar-refractivity contribution in [1.29, 1.82) is 0 Å². The molecule has 0 aromatic carbocycles. The molecule has 0 saturated carbocycles. The molecule has 3 nitrogen and oxygen atoms in total. The van der Waals surface area contributed by atoms with Crippen LogP contribution in [0.4, 0.5) is 0 Å². The summed E-state index contributed by atoms with van der Waals surface area (Å²) < 4.78 is 5.03. The van der Waals surface area contributed by atoms with Crippen molar-refractivity contribution < 1.29 is 4.74 Å². The van der Waals surface area contributed by atoms with Crippen molar-refractivity contribution in [1.82, 2.24) is 4.90 Å². The lowest BCUT2D eigenvalue weighted by molar-refractivity contribution is 0.316. The Morgan fingerprint density at radius 3 is 2.73 bits per heavy atom. The van der Waals surface area contributed by atoms with E-state index in [0.29, 0.717) is 11.6 Å². The summed E-state index contributed by atoms with van der Waals surface area (Å²) in [5.74, 6) is 1.22. The van der Waals surface area contributed by atoms with Crippen molar-refractivity contribution >= 4 is 5.71 Å². The predicted octanol–water partition coefficient (Wildman–Crippen LogP) is 2.81. The summed E-state index contributed by atoms with van der Waals surface area (Å²) in [5.41, 5.74) is 1.77. The Kier molecular flexibility index (Phi) is 3.50. The first-order valence-corrected chi connectivity index (χ1v) is 4.71. The molecule has 1 aliphatic heterocycles. The van der Waals surface area contributed by atoms with E-state index in [0.717, 1.165) is 11.4 Å². The Morgan fingerprint density at radius 1 is 1.60 bits per heavy atom. The van der Waals surface area contributed by atoms with Gasteiger partial charge in [-0.15, -0.1) is 0 Å². The van der Waals surface area contributed by atoms with E-state index in [9.17, 15) is 0 Å². The lowest BCUT2D eigenvalue weighted by atomic mass is 10.2. The molecule has 1 aliphatic rings. The summed E-state index contributed by atoms with van der Waals surface area (Å²) >= 11 is 0. The number of ether oxygens (including phenoxy) is 1. The maximum Gasteiger partial charge on any atom is 0.137 e. The average molecular weight is 204 g/mol. The van der Waals surface area contributed by atoms with E-state index in [1.54, 1.807) is 7.11 Å². The van der Waals surface area contributed by atoms with Crippen molar-refractivity contribution in [3.05, 3.63) is 48.8 Å². The van der Waals surface area contributed by atoms with E-state index in [1.807, 2.05) is 37.1 Å². The highest BCUT2D eigenvalue weighted by atomic mass is 16.5. The Hall–Kier alpha value is -1.77. The van der Waals surface area contributed by atoms with Crippen LogP contribution >= 0.6 is 0 Å². The summed E-state index contributed by atoms with van der Waals surface area (Å²) in [6.45, 7) is 11.6. The maximum absolute atomic E-state index is 5.03. The Balaban J connectivity index is 2.99. The number of allylic oxidation sites excluding steroid dienone is 3. The van der Waals surface area contributed by atoms with Crippen LogP contribution in [-0.4, -0.2) is 17.7 Å². The van der Waals surface area contributed by atoms with Gasteiger partial charge in [-0.25, -0.2) is 4.99 Å². The molecule has 0 radical (unpaired) electrons. The molecule has 0 unspecified atom stereocenters. The third kappa shape index (κ3) is 2.37. The molecule has 1 heterocycles. The van der Waals surface area contributed by atoms with Gasteiger partial charge in [0.2, 0.25) is 0 Å². The molecule has 80 valence electrons. The van der Waals surface area contributed by atoms with E-state index in [1.165, 1.54) is 0 Å². The Morgan fingerprint density at radius 2 is 2.27 bits per heavy atom. The molecule has 0 aliphatic carbocycles. The highest BCUT2D eigenvalue weighted by Gasteiger charge is 2.15. The van der Waals surface area contributed by atoms with Gasteiger partial charge in [-0.2, -0.15) is 0 Å². The van der Waals surface area contributed by atoms with Gasteiger partial charge in [-0.3, -0.25) is 0 Å². The Bertz CT molecular complexity index is 375. The topological polar surface area (TPSA) is 24.8 Å². The number of nitrogens with zero attached hydrogens (tertiary/aromatic N) is 2. The normalized spacial score (nSPS) is 16.5. The number of hydrogen-bond acceptors (Lipinski definition) is 3. The molecule has 0 aromatic heterocycles. The van der Waals surface area contributed by atoms with Crippen LogP contribution in [0.3, 0.4) is 0 Å². The second-order valence-electron chi connectivity index (χ2n) is 3.18. The van der Waals surface area contributed by atoms with Gasteiger partial charge in [0, 0.05) is 11.9 Å². The van der Waals surface area contributed by atoms with Crippen molar-refractivity contribution in [3.63, 3.8) is 0 Å². The number of hydrogen-bond donors (Lipinski definition) is 0. The minimum absolute atomic E-state index is 0.552. The zero-order chi connectivity index (χ0) is 11.4. The summed E-state index contributed by atoms with van der Waals surface area (Å²) in [5, 5.41) is 0. The summed E-state index contributed by atoms with van der Waals surface area (Å²) in [6, 6.07) is 0. The second-order valence-corrected chi connectivity index (χ2v) is 3.18. The highest BCUT2D eigenvalue weighted by molar-refractivity contribution is 6.08. The van der Waals surface area contributed by atoms with Gasteiger partial charge in [0.05, 0.1) is 7.11 Å². The van der Waals surface area contributed by atoms with Crippen LogP contribution in [0.1, 0.15) is 13.8 Å². The molecule has 3 heteroatoms. The van der Waals surface area contributed by atoms with Crippen molar-refractivity contribution in [3.8, 4) is 0 Å². The van der Waals surface area contributed by atoms with E-state index in [2.05, 4.69) is 18.2 Å². The van der Waals surface area contributed by atoms with Gasteiger partial charge in [0.25, 0.3) is 0 Å². The molecule has 0 saturated heterocycles. The Labute approximate surface area is 90.8 Å². The van der Waals surface area contributed by atoms with Gasteiger partial charge in [0.1, 0.15) is 17.3 Å². The molecule has 0 atom stereocenters. The number of aliphatic imine (C=N–C) groups is 1. The molecule has 0 bridgehead atoms. The standard InChI is InChI=1S/C12H16N2O/c1-6-7-14-9(2)8-12(10(3)15-5)13-11(14)4/h6-8H,3-4H2,1-2,5H3/b7-6-. The van der Waals surface area contributed by atoms with Gasteiger partial charge < -0.3 is 9.64 Å². The van der Waals surface area contributed by atoms with Crippen LogP contribution < -0.4 is 0 Å². The summed E-state index contributed by atoms with van der Waals surface area (Å²) in [6.07, 6.45) is 5.78. The fourth-order valence-corrected chi connectivity index (χ4v) is 1.30. The molecular weight excluding hydrogens is 188 g/mol. The van der Waals surface area contributed by atoms with Gasteiger partial charge in [0.15, 0.2) is 0 Å². The molecule has 0 spiro atoms. The first-order chi connectivity index (χ1) is 7.10. The SMILES string of the molecule is C=C(OC)C1=NC(=C)N(/C=C\C)C(C)=C1. The van der Waals surface area contributed by atoms with Gasteiger partial charge in [-0.05, 0) is 19.9 Å². The lowest BCUT2D eigenvalue weighted by Gasteiger charge is -2.25. The first kappa shape index (κ1) is 11.3. The van der Waals surface area contributed by atoms with Crippen LogP contribution in [0.2, 0.25) is 0 Å². The van der Waals surface area contributed by atoms with Crippen molar-refractivity contribution in [2.45, 2.75) is 13.8 Å². The predicted molar refractivity (Wildman–Crippen MR) is 63.1 cm³/mol. The molecular formula is C12H16N2O. The molecule has 0 aromatic rings. The van der Waals surface area contributed by atoms with Crippen LogP contribution in [0.5, 0.6) is 0 Å². The van der Waals surface area contributed by atoms with E-state index in [4.69, 9.17) is 4.74 Å². The third-order valence-corrected chi connectivity index (χ3v) is 2.08. The maximum atomic E-state index is 5.03. The fourth-order valence-electron chi connectivity index (χ4n) is 1.30. The molecule has 0 fully saturated rings. The lowest BCUT2D eigenvalue weighted by Crippen LogP contribution is -2.19. The third-order valence-electron chi connectivity index (χ3n) is 2.08. The highest BCUT2D eigenvalue weighted by Crippen LogP contribution is 2.20. The average Bonchev–Trinajstić information content (AvgIpc) is 2.22. The molecule has 1 rings (SSSR count). The smallest absolute Gasteiger partial charge is 0.137 e. The van der Waals surface area contributed by atoms with E-state index in [-0.39, 0.29) is 0 Å². The monoisotopic (exact) mass is 204 g/mol. The van der Waals surface area contributed by atoms with Gasteiger partial charge in [-0.1, -0.05) is 19.2 Å². The van der Waals surface area contributed by atoms with Crippen molar-refractivity contribution in [2.24, 2.45) is 4.99 Å². The first-order valence-electron chi connectivity index (χ1n) is 4.71. The molecule has 0 amide bonds. The summed E-state index contributed by atoms with van der Waals surface area (Å²) in [4.78, 5) is 6.21. The molecule has 0 N–H and O–H groups in total. The largest absolute Gasteiger partial charge is 0.495 e. The van der Waals surface area contributed by atoms with Gasteiger partial charge >= 0.3 is 0 Å². The van der Waals surface area contributed by atoms with Crippen LogP contribution in [-0.2, 0) is 4.74 Å². The second kappa shape index (κ2) is 4.64. The fraction of sp³-hybridized carbons (Fsp3) is 0.250. The van der Waals surface area contributed by atoms with E-state index < -0.39 is 0 Å². The van der Waals surface area contributed by atoms with Crippen molar-refractivity contribution in [2.75, 3.05) is 7.11 Å². The zero-order valence-electron chi connectivity index (χ0n) is 9.45. The zero-order valence-corrected chi connectivity index (χ0v) is 9.45. The minimum atomic E-state index is 0.552. The quantitative estimate of drug-likeness (QED) is 0.660. The van der Waals surface area contributed by atoms with Crippen LogP contribution in [0.15, 0.2) is 53.8 Å². The van der Waals surface area contributed by atoms with E-state index >= 15 is 0 Å². The van der Waals surface area contributed by atoms with Crippen LogP contribution in [0.25, 0.3) is 0 Å². The summed E-state index contributed by atoms with van der Waals surface area (Å²) in [7, 11) is 1.58. The number of rotatable bonds is 3. The minimum Gasteiger partial charge on any atom is -0.495 e.